The van der Waals surface area contributed by atoms with E-state index in [-0.39, 0.29) is 16.5 Å². The molecule has 0 aliphatic rings. The summed E-state index contributed by atoms with van der Waals surface area (Å²) in [7, 11) is 0. The lowest BCUT2D eigenvalue weighted by Crippen LogP contribution is -2.09. The SMILES string of the molecule is NC(=O)CCCCCCCCc1ccc([N+](=O)[O-])cc1. The number of nitrogens with zero attached hydrogens (tertiary/aromatic N) is 1. The molecule has 0 saturated carbocycles. The molecule has 0 saturated heterocycles. The molecule has 0 aromatic heterocycles. The number of nitrogens with two attached hydrogens (primary N) is 1. The number of nitro benzene ring substituents is 1. The van der Waals surface area contributed by atoms with Gasteiger partial charge >= 0.3 is 0 Å². The van der Waals surface area contributed by atoms with E-state index in [9.17, 15) is 14.9 Å². The molecule has 5 nitrogen and oxygen atoms in total. The Bertz CT molecular complexity index is 429. The molecule has 1 amide bonds. The number of aryl methyl sites for hydroxylation is 1. The first-order valence-electron chi connectivity index (χ1n) is 7.11. The molecule has 0 aliphatic carbocycles. The molecular formula is C15H22N2O3. The Morgan fingerprint density at radius 2 is 1.55 bits per heavy atom. The minimum atomic E-state index is -0.379. The van der Waals surface area contributed by atoms with Crippen LogP contribution in [-0.4, -0.2) is 10.8 Å². The summed E-state index contributed by atoms with van der Waals surface area (Å²) < 4.78 is 0. The zero-order chi connectivity index (χ0) is 14.8. The summed E-state index contributed by atoms with van der Waals surface area (Å²) in [5.74, 6) is -0.219. The first-order chi connectivity index (χ1) is 9.59. The molecule has 1 rings (SSSR count). The lowest BCUT2D eigenvalue weighted by Gasteiger charge is -2.02. The van der Waals surface area contributed by atoms with E-state index in [1.165, 1.54) is 0 Å². The molecule has 0 heterocycles. The van der Waals surface area contributed by atoms with Crippen molar-refractivity contribution in [2.24, 2.45) is 5.73 Å². The highest BCUT2D eigenvalue weighted by Gasteiger charge is 2.03. The number of carbonyl (C=O) groups is 1. The maximum Gasteiger partial charge on any atom is 0.269 e. The van der Waals surface area contributed by atoms with Gasteiger partial charge in [0.2, 0.25) is 5.91 Å². The van der Waals surface area contributed by atoms with Crippen LogP contribution in [0.15, 0.2) is 24.3 Å². The van der Waals surface area contributed by atoms with Crippen molar-refractivity contribution >= 4 is 11.6 Å². The van der Waals surface area contributed by atoms with Crippen molar-refractivity contribution in [1.29, 1.82) is 0 Å². The highest BCUT2D eigenvalue weighted by atomic mass is 16.6. The van der Waals surface area contributed by atoms with Crippen molar-refractivity contribution in [3.8, 4) is 0 Å². The van der Waals surface area contributed by atoms with Crippen LogP contribution in [0.25, 0.3) is 0 Å². The van der Waals surface area contributed by atoms with Gasteiger partial charge in [0, 0.05) is 18.6 Å². The fourth-order valence-corrected chi connectivity index (χ4v) is 2.12. The Kier molecular flexibility index (Phi) is 7.32. The second-order valence-electron chi connectivity index (χ2n) is 5.01. The van der Waals surface area contributed by atoms with E-state index in [0.29, 0.717) is 6.42 Å². The summed E-state index contributed by atoms with van der Waals surface area (Å²) in [6.45, 7) is 0. The monoisotopic (exact) mass is 278 g/mol. The molecule has 110 valence electrons. The maximum absolute atomic E-state index is 10.5. The standard InChI is InChI=1S/C15H22N2O3/c16-15(18)8-6-4-2-1-3-5-7-13-9-11-14(12-10-13)17(19)20/h9-12H,1-8H2,(H2,16,18). The van der Waals surface area contributed by atoms with E-state index in [0.717, 1.165) is 50.5 Å². The molecule has 1 aromatic carbocycles. The number of unbranched alkanes of at least 4 members (excludes halogenated alkanes) is 5. The van der Waals surface area contributed by atoms with E-state index >= 15 is 0 Å². The van der Waals surface area contributed by atoms with Crippen molar-refractivity contribution in [2.45, 2.75) is 51.4 Å². The van der Waals surface area contributed by atoms with E-state index < -0.39 is 0 Å². The zero-order valence-corrected chi connectivity index (χ0v) is 11.7. The number of primary amides is 1. The number of hydrogen-bond acceptors (Lipinski definition) is 3. The smallest absolute Gasteiger partial charge is 0.269 e. The molecule has 2 N–H and O–H groups in total. The number of nitro groups is 1. The van der Waals surface area contributed by atoms with Gasteiger partial charge in [-0.15, -0.1) is 0 Å². The lowest BCUT2D eigenvalue weighted by atomic mass is 10.0. The molecule has 0 aliphatic heterocycles. The molecular weight excluding hydrogens is 256 g/mol. The minimum absolute atomic E-state index is 0.142. The third kappa shape index (κ3) is 6.87. The van der Waals surface area contributed by atoms with Crippen LogP contribution in [-0.2, 0) is 11.2 Å². The van der Waals surface area contributed by atoms with Crippen LogP contribution in [0.1, 0.15) is 50.5 Å². The van der Waals surface area contributed by atoms with Gasteiger partial charge in [0.25, 0.3) is 5.69 Å². The van der Waals surface area contributed by atoms with Crippen molar-refractivity contribution in [1.82, 2.24) is 0 Å². The second-order valence-corrected chi connectivity index (χ2v) is 5.01. The fraction of sp³-hybridized carbons (Fsp3) is 0.533. The van der Waals surface area contributed by atoms with Gasteiger partial charge < -0.3 is 5.73 Å². The average Bonchev–Trinajstić information content (AvgIpc) is 2.42. The Balaban J connectivity index is 2.06. The fourth-order valence-electron chi connectivity index (χ4n) is 2.12. The van der Waals surface area contributed by atoms with Crippen molar-refractivity contribution in [3.63, 3.8) is 0 Å². The second kappa shape index (κ2) is 9.07. The van der Waals surface area contributed by atoms with Crippen molar-refractivity contribution in [2.75, 3.05) is 0 Å². The summed E-state index contributed by atoms with van der Waals surface area (Å²) in [5.41, 5.74) is 6.35. The topological polar surface area (TPSA) is 86.2 Å². The van der Waals surface area contributed by atoms with E-state index in [1.54, 1.807) is 12.1 Å². The number of rotatable bonds is 10. The van der Waals surface area contributed by atoms with Gasteiger partial charge in [0.15, 0.2) is 0 Å². The average molecular weight is 278 g/mol. The lowest BCUT2D eigenvalue weighted by molar-refractivity contribution is -0.384. The van der Waals surface area contributed by atoms with Crippen LogP contribution < -0.4 is 5.73 Å². The first-order valence-corrected chi connectivity index (χ1v) is 7.11. The van der Waals surface area contributed by atoms with Gasteiger partial charge in [0.1, 0.15) is 0 Å². The van der Waals surface area contributed by atoms with Gasteiger partial charge in [0.05, 0.1) is 4.92 Å². The first kappa shape index (κ1) is 16.1. The third-order valence-corrected chi connectivity index (χ3v) is 3.29. The number of carbonyl (C=O) groups excluding carboxylic acids is 1. The predicted octanol–water partition coefficient (Wildman–Crippen LogP) is 3.35. The zero-order valence-electron chi connectivity index (χ0n) is 11.7. The maximum atomic E-state index is 10.5. The molecule has 0 radical (unpaired) electrons. The Hall–Kier alpha value is -1.91. The van der Waals surface area contributed by atoms with Crippen LogP contribution >= 0.6 is 0 Å². The van der Waals surface area contributed by atoms with Crippen LogP contribution in [0.4, 0.5) is 5.69 Å². The summed E-state index contributed by atoms with van der Waals surface area (Å²) in [5, 5.41) is 10.5. The number of non-ortho nitro benzene ring substituents is 1. The summed E-state index contributed by atoms with van der Waals surface area (Å²) in [6.07, 6.45) is 7.92. The molecule has 0 unspecified atom stereocenters. The summed E-state index contributed by atoms with van der Waals surface area (Å²) in [4.78, 5) is 20.7. The van der Waals surface area contributed by atoms with Gasteiger partial charge in [-0.25, -0.2) is 0 Å². The van der Waals surface area contributed by atoms with E-state index in [2.05, 4.69) is 0 Å². The van der Waals surface area contributed by atoms with Crippen LogP contribution in [0.3, 0.4) is 0 Å². The quantitative estimate of drug-likeness (QED) is 0.404. The minimum Gasteiger partial charge on any atom is -0.370 e. The predicted molar refractivity (Wildman–Crippen MR) is 78.3 cm³/mol. The largest absolute Gasteiger partial charge is 0.370 e. The summed E-state index contributed by atoms with van der Waals surface area (Å²) in [6, 6.07) is 6.76. The molecule has 0 atom stereocenters. The summed E-state index contributed by atoms with van der Waals surface area (Å²) >= 11 is 0. The Morgan fingerprint density at radius 1 is 1.00 bits per heavy atom. The highest BCUT2D eigenvalue weighted by Crippen LogP contribution is 2.15. The molecule has 0 spiro atoms. The van der Waals surface area contributed by atoms with Crippen LogP contribution in [0, 0.1) is 10.1 Å². The third-order valence-electron chi connectivity index (χ3n) is 3.29. The van der Waals surface area contributed by atoms with Gasteiger partial charge in [-0.2, -0.15) is 0 Å². The van der Waals surface area contributed by atoms with Gasteiger partial charge in [-0.3, -0.25) is 14.9 Å². The molecule has 5 heteroatoms. The van der Waals surface area contributed by atoms with Crippen molar-refractivity contribution < 1.29 is 9.72 Å². The van der Waals surface area contributed by atoms with Crippen LogP contribution in [0.5, 0.6) is 0 Å². The Labute approximate surface area is 119 Å². The molecule has 0 bridgehead atoms. The molecule has 20 heavy (non-hydrogen) atoms. The van der Waals surface area contributed by atoms with Crippen LogP contribution in [0.2, 0.25) is 0 Å². The van der Waals surface area contributed by atoms with E-state index in [4.69, 9.17) is 5.73 Å². The van der Waals surface area contributed by atoms with Gasteiger partial charge in [-0.05, 0) is 24.8 Å². The Morgan fingerprint density at radius 3 is 2.10 bits per heavy atom. The number of amides is 1. The molecule has 1 aromatic rings. The van der Waals surface area contributed by atoms with Gasteiger partial charge in [-0.1, -0.05) is 37.8 Å². The number of benzene rings is 1. The number of hydrogen-bond donors (Lipinski definition) is 1. The highest BCUT2D eigenvalue weighted by molar-refractivity contribution is 5.73. The van der Waals surface area contributed by atoms with E-state index in [1.807, 2.05) is 12.1 Å². The molecule has 0 fully saturated rings. The van der Waals surface area contributed by atoms with Crippen molar-refractivity contribution in [3.05, 3.63) is 39.9 Å². The normalized spacial score (nSPS) is 10.4.